The van der Waals surface area contributed by atoms with E-state index in [1.54, 1.807) is 48.5 Å². The molecule has 26 heavy (non-hydrogen) atoms. The minimum atomic E-state index is -0.910. The number of nitrogens with one attached hydrogen (secondary N) is 2. The zero-order valence-corrected chi connectivity index (χ0v) is 14.6. The summed E-state index contributed by atoms with van der Waals surface area (Å²) in [5, 5.41) is 15.4. The second-order valence-corrected chi connectivity index (χ2v) is 5.97. The first-order valence-electron chi connectivity index (χ1n) is 8.01. The van der Waals surface area contributed by atoms with E-state index in [2.05, 4.69) is 10.5 Å². The third-order valence-corrected chi connectivity index (χ3v) is 4.09. The number of aromatic amines is 1. The lowest BCUT2D eigenvalue weighted by atomic mass is 10.3. The van der Waals surface area contributed by atoms with Gasteiger partial charge in [-0.25, -0.2) is 4.79 Å². The lowest BCUT2D eigenvalue weighted by molar-refractivity contribution is -0.761. The number of aliphatic hydroxyl groups excluding tert-OH is 1. The molecule has 3 aromatic rings. The summed E-state index contributed by atoms with van der Waals surface area (Å²) in [7, 11) is 0. The number of halogens is 1. The fourth-order valence-corrected chi connectivity index (χ4v) is 2.61. The van der Waals surface area contributed by atoms with E-state index in [0.717, 1.165) is 0 Å². The van der Waals surface area contributed by atoms with Crippen LogP contribution in [0.2, 0.25) is 0 Å². The van der Waals surface area contributed by atoms with Crippen molar-refractivity contribution in [3.63, 3.8) is 0 Å². The van der Waals surface area contributed by atoms with Crippen LogP contribution in [0.1, 0.15) is 10.5 Å². The number of alkyl halides is 1. The Labute approximate surface area is 154 Å². The molecule has 1 heterocycles. The van der Waals surface area contributed by atoms with E-state index in [0.29, 0.717) is 11.4 Å². The van der Waals surface area contributed by atoms with Gasteiger partial charge in [0.05, 0.1) is 5.88 Å². The van der Waals surface area contributed by atoms with Crippen molar-refractivity contribution in [3.8, 4) is 5.69 Å². The molecule has 0 bridgehead atoms. The van der Waals surface area contributed by atoms with Crippen molar-refractivity contribution in [1.82, 2.24) is 9.90 Å². The number of aromatic nitrogens is 3. The quantitative estimate of drug-likeness (QED) is 0.449. The van der Waals surface area contributed by atoms with Crippen LogP contribution < -0.4 is 15.6 Å². The number of hydrogen-bond acceptors (Lipinski definition) is 3. The number of H-pyrrole nitrogens is 1. The number of carbonyl (C=O) groups excluding carboxylic acids is 1. The lowest BCUT2D eigenvalue weighted by Gasteiger charge is -2.05. The first-order chi connectivity index (χ1) is 12.6. The topological polar surface area (TPSA) is 91.0 Å². The van der Waals surface area contributed by atoms with Crippen molar-refractivity contribution in [1.29, 1.82) is 0 Å². The number of aliphatic hydroxyl groups is 1. The summed E-state index contributed by atoms with van der Waals surface area (Å²) in [5.41, 5.74) is 0.493. The van der Waals surface area contributed by atoms with Crippen LogP contribution in [0.3, 0.4) is 0 Å². The van der Waals surface area contributed by atoms with Crippen molar-refractivity contribution in [3.05, 3.63) is 76.7 Å². The molecule has 1 aromatic heterocycles. The highest BCUT2D eigenvalue weighted by molar-refractivity contribution is 6.18. The Morgan fingerprint density at radius 2 is 1.77 bits per heavy atom. The highest BCUT2D eigenvalue weighted by Gasteiger charge is 2.30. The van der Waals surface area contributed by atoms with E-state index in [-0.39, 0.29) is 18.1 Å². The van der Waals surface area contributed by atoms with Crippen LogP contribution >= 0.6 is 11.6 Å². The molecule has 7 nitrogen and oxygen atoms in total. The number of benzene rings is 2. The second kappa shape index (κ2) is 7.99. The van der Waals surface area contributed by atoms with Crippen LogP contribution in [0.5, 0.6) is 0 Å². The number of para-hydroxylation sites is 2. The van der Waals surface area contributed by atoms with E-state index in [9.17, 15) is 14.7 Å². The molecule has 2 aromatic carbocycles. The molecule has 134 valence electrons. The first kappa shape index (κ1) is 17.9. The van der Waals surface area contributed by atoms with Crippen molar-refractivity contribution < 1.29 is 14.6 Å². The van der Waals surface area contributed by atoms with E-state index in [1.807, 2.05) is 12.1 Å². The zero-order chi connectivity index (χ0) is 18.5. The minimum absolute atomic E-state index is 0.0177. The van der Waals surface area contributed by atoms with E-state index < -0.39 is 17.6 Å². The van der Waals surface area contributed by atoms with Crippen molar-refractivity contribution in [2.75, 3.05) is 11.2 Å². The fourth-order valence-electron chi connectivity index (χ4n) is 2.51. The smallest absolute Gasteiger partial charge is 0.388 e. The number of hydrogen-bond donors (Lipinski definition) is 3. The van der Waals surface area contributed by atoms with Gasteiger partial charge in [-0.05, 0) is 24.3 Å². The normalized spacial score (nSPS) is 11.9. The summed E-state index contributed by atoms with van der Waals surface area (Å²) < 4.78 is 2.56. The maximum Gasteiger partial charge on any atom is 0.411 e. The van der Waals surface area contributed by atoms with Crippen LogP contribution in [-0.4, -0.2) is 32.9 Å². The summed E-state index contributed by atoms with van der Waals surface area (Å²) in [5.74, 6) is -0.598. The molecular weight excluding hydrogens is 356 g/mol. The third kappa shape index (κ3) is 3.84. The van der Waals surface area contributed by atoms with Gasteiger partial charge in [-0.2, -0.15) is 0 Å². The Morgan fingerprint density at radius 3 is 2.38 bits per heavy atom. The van der Waals surface area contributed by atoms with Gasteiger partial charge in [-0.3, -0.25) is 4.79 Å². The summed E-state index contributed by atoms with van der Waals surface area (Å²) in [6, 6.07) is 17.7. The monoisotopic (exact) mass is 373 g/mol. The first-order valence-corrected chi connectivity index (χ1v) is 8.54. The Hall–Kier alpha value is -2.90. The van der Waals surface area contributed by atoms with Crippen LogP contribution in [0, 0.1) is 0 Å². The van der Waals surface area contributed by atoms with Gasteiger partial charge in [0.25, 0.3) is 0 Å². The maximum atomic E-state index is 12.8. The van der Waals surface area contributed by atoms with Crippen LogP contribution in [0.15, 0.2) is 65.5 Å². The summed E-state index contributed by atoms with van der Waals surface area (Å²) in [6.45, 7) is -0.0177. The fraction of sp³-hybridized carbons (Fsp3) is 0.167. The predicted octanol–water partition coefficient (Wildman–Crippen LogP) is 1.31. The van der Waals surface area contributed by atoms with Gasteiger partial charge in [0.2, 0.25) is 0 Å². The number of amides is 1. The van der Waals surface area contributed by atoms with Gasteiger partial charge in [-0.15, -0.1) is 16.3 Å². The SMILES string of the molecule is O=C(Nc1ccccc1)c1c(=O)n(-c2ccccc2)[nH][n+]1CC(O)CCl. The molecular formula is C18H18ClN4O3+. The number of rotatable bonds is 6. The molecule has 0 radical (unpaired) electrons. The number of anilines is 1. The van der Waals surface area contributed by atoms with Gasteiger partial charge < -0.3 is 10.4 Å². The average molecular weight is 374 g/mol. The number of nitrogens with zero attached hydrogens (tertiary/aromatic N) is 2. The summed E-state index contributed by atoms with van der Waals surface area (Å²) in [4.78, 5) is 25.5. The largest absolute Gasteiger partial charge is 0.411 e. The lowest BCUT2D eigenvalue weighted by Crippen LogP contribution is -2.49. The number of carbonyl (C=O) groups is 1. The van der Waals surface area contributed by atoms with Crippen molar-refractivity contribution in [2.24, 2.45) is 0 Å². The summed E-state index contributed by atoms with van der Waals surface area (Å²) >= 11 is 5.66. The Bertz CT molecular complexity index is 938. The molecule has 1 amide bonds. The van der Waals surface area contributed by atoms with Crippen LogP contribution in [0.4, 0.5) is 5.69 Å². The average Bonchev–Trinajstić information content (AvgIpc) is 2.99. The minimum Gasteiger partial charge on any atom is -0.388 e. The molecule has 0 saturated heterocycles. The van der Waals surface area contributed by atoms with Gasteiger partial charge in [0, 0.05) is 5.69 Å². The molecule has 0 fully saturated rings. The molecule has 0 spiro atoms. The molecule has 0 aliphatic rings. The molecule has 1 atom stereocenters. The van der Waals surface area contributed by atoms with E-state index in [1.165, 1.54) is 9.36 Å². The van der Waals surface area contributed by atoms with Gasteiger partial charge in [-0.1, -0.05) is 46.3 Å². The van der Waals surface area contributed by atoms with E-state index in [4.69, 9.17) is 11.6 Å². The van der Waals surface area contributed by atoms with Gasteiger partial charge >= 0.3 is 17.2 Å². The molecule has 8 heteroatoms. The standard InChI is InChI=1S/C18H17ClN4O3/c19-11-15(24)12-22-16(17(25)20-13-7-3-1-4-8-13)18(26)23(21-22)14-9-5-2-6-10-14/h1-10,15,24H,11-12H2,(H-,20,21,25,26)/p+1. The maximum absolute atomic E-state index is 12.8. The molecule has 3 N–H and O–H groups in total. The third-order valence-electron chi connectivity index (χ3n) is 3.73. The van der Waals surface area contributed by atoms with Crippen LogP contribution in [-0.2, 0) is 6.54 Å². The Kier molecular flexibility index (Phi) is 5.50. The highest BCUT2D eigenvalue weighted by atomic mass is 35.5. The molecule has 0 saturated carbocycles. The molecule has 0 aliphatic carbocycles. The van der Waals surface area contributed by atoms with Gasteiger partial charge in [0.1, 0.15) is 12.6 Å². The van der Waals surface area contributed by atoms with E-state index >= 15 is 0 Å². The van der Waals surface area contributed by atoms with Crippen LogP contribution in [0.25, 0.3) is 5.69 Å². The Balaban J connectivity index is 2.02. The second-order valence-electron chi connectivity index (χ2n) is 5.66. The van der Waals surface area contributed by atoms with Crippen molar-refractivity contribution >= 4 is 23.2 Å². The zero-order valence-electron chi connectivity index (χ0n) is 13.8. The van der Waals surface area contributed by atoms with Crippen molar-refractivity contribution in [2.45, 2.75) is 12.6 Å². The molecule has 0 aliphatic heterocycles. The summed E-state index contributed by atoms with van der Waals surface area (Å²) in [6.07, 6.45) is -0.910. The molecule has 3 rings (SSSR count). The predicted molar refractivity (Wildman–Crippen MR) is 97.7 cm³/mol. The molecule has 1 unspecified atom stereocenters. The highest BCUT2D eigenvalue weighted by Crippen LogP contribution is 2.07. The van der Waals surface area contributed by atoms with Gasteiger partial charge in [0.15, 0.2) is 5.69 Å². The Morgan fingerprint density at radius 1 is 1.15 bits per heavy atom.